The van der Waals surface area contributed by atoms with Gasteiger partial charge in [0.2, 0.25) is 6.79 Å². The summed E-state index contributed by atoms with van der Waals surface area (Å²) in [7, 11) is 0. The Bertz CT molecular complexity index is 816. The largest absolute Gasteiger partial charge is 0.482 e. The summed E-state index contributed by atoms with van der Waals surface area (Å²) in [5.74, 6) is 1.63. The van der Waals surface area contributed by atoms with Crippen molar-refractivity contribution in [3.63, 3.8) is 0 Å². The standard InChI is InChI=1S/C17H14Br2N2O4/c1-10-4-12(18)6-13(19)17(10)23-8-16(22)21-20-7-11-2-3-14-15(5-11)25-9-24-14/h2-7H,8-9H2,1H3,(H,21,22)/b20-7+. The summed E-state index contributed by atoms with van der Waals surface area (Å²) in [6.07, 6.45) is 1.53. The van der Waals surface area contributed by atoms with E-state index in [1.807, 2.05) is 25.1 Å². The molecule has 0 aromatic heterocycles. The minimum atomic E-state index is -0.355. The molecule has 0 atom stereocenters. The second-order valence-electron chi connectivity index (χ2n) is 5.23. The highest BCUT2D eigenvalue weighted by atomic mass is 79.9. The Morgan fingerprint density at radius 1 is 1.28 bits per heavy atom. The Kier molecular flexibility index (Phi) is 5.60. The van der Waals surface area contributed by atoms with Crippen LogP contribution in [-0.4, -0.2) is 25.5 Å². The zero-order valence-electron chi connectivity index (χ0n) is 13.2. The van der Waals surface area contributed by atoms with E-state index in [1.54, 1.807) is 12.1 Å². The van der Waals surface area contributed by atoms with Gasteiger partial charge in [-0.25, -0.2) is 5.43 Å². The molecule has 2 aromatic carbocycles. The lowest BCUT2D eigenvalue weighted by Gasteiger charge is -2.10. The van der Waals surface area contributed by atoms with Gasteiger partial charge >= 0.3 is 0 Å². The molecule has 1 aliphatic rings. The van der Waals surface area contributed by atoms with Crippen molar-refractivity contribution >= 4 is 44.0 Å². The van der Waals surface area contributed by atoms with Crippen LogP contribution in [0.2, 0.25) is 0 Å². The first-order chi connectivity index (χ1) is 12.0. The van der Waals surface area contributed by atoms with Crippen LogP contribution in [0.5, 0.6) is 17.2 Å². The maximum atomic E-state index is 11.9. The number of carbonyl (C=O) groups is 1. The summed E-state index contributed by atoms with van der Waals surface area (Å²) < 4.78 is 17.8. The predicted molar refractivity (Wildman–Crippen MR) is 100 cm³/mol. The fraction of sp³-hybridized carbons (Fsp3) is 0.176. The first-order valence-electron chi connectivity index (χ1n) is 7.33. The molecule has 0 bridgehead atoms. The third-order valence-electron chi connectivity index (χ3n) is 3.34. The average Bonchev–Trinajstić information content (AvgIpc) is 3.01. The van der Waals surface area contributed by atoms with E-state index in [9.17, 15) is 4.79 Å². The number of rotatable bonds is 5. The molecule has 6 nitrogen and oxygen atoms in total. The van der Waals surface area contributed by atoms with Gasteiger partial charge in [0.1, 0.15) is 5.75 Å². The van der Waals surface area contributed by atoms with E-state index in [4.69, 9.17) is 14.2 Å². The quantitative estimate of drug-likeness (QED) is 0.534. The van der Waals surface area contributed by atoms with Crippen molar-refractivity contribution in [1.29, 1.82) is 0 Å². The van der Waals surface area contributed by atoms with Gasteiger partial charge < -0.3 is 14.2 Å². The molecule has 1 N–H and O–H groups in total. The van der Waals surface area contributed by atoms with Crippen LogP contribution in [0, 0.1) is 6.92 Å². The number of nitrogens with one attached hydrogen (secondary N) is 1. The van der Waals surface area contributed by atoms with Crippen molar-refractivity contribution in [3.05, 3.63) is 50.4 Å². The van der Waals surface area contributed by atoms with Crippen molar-refractivity contribution in [3.8, 4) is 17.2 Å². The number of aryl methyl sites for hydroxylation is 1. The highest BCUT2D eigenvalue weighted by Gasteiger charge is 2.12. The van der Waals surface area contributed by atoms with Crippen LogP contribution in [0.1, 0.15) is 11.1 Å². The van der Waals surface area contributed by atoms with Crippen LogP contribution in [0.3, 0.4) is 0 Å². The van der Waals surface area contributed by atoms with Gasteiger partial charge in [-0.05, 0) is 64.3 Å². The number of amides is 1. The molecule has 130 valence electrons. The zero-order chi connectivity index (χ0) is 17.8. The summed E-state index contributed by atoms with van der Waals surface area (Å²) in [5.41, 5.74) is 4.13. The van der Waals surface area contributed by atoms with Crippen molar-refractivity contribution in [1.82, 2.24) is 5.43 Å². The molecule has 1 aliphatic heterocycles. The number of hydrazone groups is 1. The number of nitrogens with zero attached hydrogens (tertiary/aromatic N) is 1. The van der Waals surface area contributed by atoms with E-state index < -0.39 is 0 Å². The molecular weight excluding hydrogens is 456 g/mol. The molecule has 0 aliphatic carbocycles. The summed E-state index contributed by atoms with van der Waals surface area (Å²) in [6.45, 7) is 1.98. The van der Waals surface area contributed by atoms with Crippen molar-refractivity contribution in [2.24, 2.45) is 5.10 Å². The fourth-order valence-electron chi connectivity index (χ4n) is 2.21. The molecule has 3 rings (SSSR count). The van der Waals surface area contributed by atoms with E-state index in [-0.39, 0.29) is 19.3 Å². The summed E-state index contributed by atoms with van der Waals surface area (Å²) in [5, 5.41) is 3.92. The van der Waals surface area contributed by atoms with E-state index in [0.717, 1.165) is 20.1 Å². The smallest absolute Gasteiger partial charge is 0.277 e. The Hall–Kier alpha value is -2.06. The Labute approximate surface area is 161 Å². The molecule has 0 unspecified atom stereocenters. The predicted octanol–water partition coefficient (Wildman–Crippen LogP) is 3.78. The van der Waals surface area contributed by atoms with Crippen LogP contribution in [0.4, 0.5) is 0 Å². The lowest BCUT2D eigenvalue weighted by atomic mass is 10.2. The van der Waals surface area contributed by atoms with E-state index >= 15 is 0 Å². The Balaban J connectivity index is 1.53. The number of halogens is 2. The molecule has 1 heterocycles. The molecule has 2 aromatic rings. The molecule has 25 heavy (non-hydrogen) atoms. The first kappa shape index (κ1) is 17.8. The van der Waals surface area contributed by atoms with Gasteiger partial charge in [-0.3, -0.25) is 4.79 Å². The maximum Gasteiger partial charge on any atom is 0.277 e. The van der Waals surface area contributed by atoms with Gasteiger partial charge in [0.25, 0.3) is 5.91 Å². The van der Waals surface area contributed by atoms with Gasteiger partial charge in [-0.15, -0.1) is 0 Å². The number of hydrogen-bond donors (Lipinski definition) is 1. The van der Waals surface area contributed by atoms with Crippen LogP contribution < -0.4 is 19.6 Å². The maximum absolute atomic E-state index is 11.9. The number of carbonyl (C=O) groups excluding carboxylic acids is 1. The normalized spacial score (nSPS) is 12.4. The lowest BCUT2D eigenvalue weighted by molar-refractivity contribution is -0.123. The number of benzene rings is 2. The molecule has 0 fully saturated rings. The summed E-state index contributed by atoms with van der Waals surface area (Å²) in [4.78, 5) is 11.9. The SMILES string of the molecule is Cc1cc(Br)cc(Br)c1OCC(=O)N/N=C/c1ccc2c(c1)OCO2. The molecule has 1 amide bonds. The second-order valence-corrected chi connectivity index (χ2v) is 7.00. The van der Waals surface area contributed by atoms with Crippen molar-refractivity contribution in [2.45, 2.75) is 6.92 Å². The topological polar surface area (TPSA) is 69.2 Å². The molecule has 0 radical (unpaired) electrons. The Morgan fingerprint density at radius 3 is 2.88 bits per heavy atom. The number of hydrogen-bond acceptors (Lipinski definition) is 5. The number of ether oxygens (including phenoxy) is 3. The van der Waals surface area contributed by atoms with Gasteiger partial charge in [0, 0.05) is 4.47 Å². The third kappa shape index (κ3) is 4.52. The van der Waals surface area contributed by atoms with Crippen molar-refractivity contribution in [2.75, 3.05) is 13.4 Å². The lowest BCUT2D eigenvalue weighted by Crippen LogP contribution is -2.24. The third-order valence-corrected chi connectivity index (χ3v) is 4.39. The van der Waals surface area contributed by atoms with E-state index in [1.165, 1.54) is 6.21 Å². The first-order valence-corrected chi connectivity index (χ1v) is 8.91. The molecule has 0 spiro atoms. The minimum Gasteiger partial charge on any atom is -0.482 e. The summed E-state index contributed by atoms with van der Waals surface area (Å²) >= 11 is 6.82. The fourth-order valence-corrected chi connectivity index (χ4v) is 3.77. The van der Waals surface area contributed by atoms with Gasteiger partial charge in [-0.2, -0.15) is 5.10 Å². The highest BCUT2D eigenvalue weighted by Crippen LogP contribution is 2.33. The van der Waals surface area contributed by atoms with Crippen LogP contribution >= 0.6 is 31.9 Å². The minimum absolute atomic E-state index is 0.139. The zero-order valence-corrected chi connectivity index (χ0v) is 16.4. The van der Waals surface area contributed by atoms with E-state index in [2.05, 4.69) is 42.4 Å². The van der Waals surface area contributed by atoms with Crippen molar-refractivity contribution < 1.29 is 19.0 Å². The second kappa shape index (κ2) is 7.88. The van der Waals surface area contributed by atoms with Gasteiger partial charge in [-0.1, -0.05) is 15.9 Å². The molecule has 8 heteroatoms. The average molecular weight is 470 g/mol. The van der Waals surface area contributed by atoms with E-state index in [0.29, 0.717) is 17.2 Å². The highest BCUT2D eigenvalue weighted by molar-refractivity contribution is 9.11. The van der Waals surface area contributed by atoms with Crippen LogP contribution in [0.15, 0.2) is 44.4 Å². The molecule has 0 saturated heterocycles. The molecule has 0 saturated carbocycles. The summed E-state index contributed by atoms with van der Waals surface area (Å²) in [6, 6.07) is 9.18. The van der Waals surface area contributed by atoms with Gasteiger partial charge in [0.15, 0.2) is 18.1 Å². The Morgan fingerprint density at radius 2 is 2.08 bits per heavy atom. The van der Waals surface area contributed by atoms with Crippen LogP contribution in [-0.2, 0) is 4.79 Å². The molecular formula is C17H14Br2N2O4. The van der Waals surface area contributed by atoms with Crippen LogP contribution in [0.25, 0.3) is 0 Å². The number of fused-ring (bicyclic) bond motifs is 1. The van der Waals surface area contributed by atoms with Gasteiger partial charge in [0.05, 0.1) is 10.7 Å². The monoisotopic (exact) mass is 468 g/mol.